The van der Waals surface area contributed by atoms with Crippen LogP contribution in [0, 0.1) is 6.92 Å². The van der Waals surface area contributed by atoms with Crippen LogP contribution in [0.15, 0.2) is 24.3 Å². The maximum absolute atomic E-state index is 5.82. The molecule has 0 unspecified atom stereocenters. The van der Waals surface area contributed by atoms with Gasteiger partial charge in [0.25, 0.3) is 0 Å². The van der Waals surface area contributed by atoms with E-state index in [1.165, 1.54) is 39.5 Å². The van der Waals surface area contributed by atoms with Gasteiger partial charge in [0.05, 0.1) is 10.7 Å². The smallest absolute Gasteiger partial charge is 0.0975 e. The minimum Gasteiger partial charge on any atom is -0.326 e. The third-order valence-corrected chi connectivity index (χ3v) is 4.45. The van der Waals surface area contributed by atoms with E-state index in [2.05, 4.69) is 31.2 Å². The van der Waals surface area contributed by atoms with Gasteiger partial charge in [-0.05, 0) is 25.3 Å². The Morgan fingerprint density at radius 2 is 2.22 bits per heavy atom. The molecule has 0 amide bonds. The zero-order valence-corrected chi connectivity index (χ0v) is 11.5. The molecule has 0 atom stereocenters. The Morgan fingerprint density at radius 3 is 2.89 bits per heavy atom. The van der Waals surface area contributed by atoms with Crippen molar-refractivity contribution in [2.45, 2.75) is 38.6 Å². The lowest BCUT2D eigenvalue weighted by Gasteiger charge is -1.99. The first kappa shape index (κ1) is 11.9. The summed E-state index contributed by atoms with van der Waals surface area (Å²) in [5, 5.41) is 1.21. The zero-order valence-electron chi connectivity index (χ0n) is 10.6. The normalized spacial score (nSPS) is 15.0. The Balaban J connectivity index is 1.84. The second kappa shape index (κ2) is 4.82. The quantitative estimate of drug-likeness (QED) is 0.913. The van der Waals surface area contributed by atoms with Gasteiger partial charge in [0, 0.05) is 23.8 Å². The summed E-state index contributed by atoms with van der Waals surface area (Å²) in [4.78, 5) is 6.10. The first-order valence-corrected chi connectivity index (χ1v) is 7.32. The van der Waals surface area contributed by atoms with Crippen LogP contribution in [0.25, 0.3) is 0 Å². The number of rotatable bonds is 4. The molecule has 3 rings (SSSR count). The minimum atomic E-state index is 0.636. The summed E-state index contributed by atoms with van der Waals surface area (Å²) in [7, 11) is 0. The van der Waals surface area contributed by atoms with E-state index in [4.69, 9.17) is 10.7 Å². The summed E-state index contributed by atoms with van der Waals surface area (Å²) >= 11 is 1.79. The zero-order chi connectivity index (χ0) is 12.5. The van der Waals surface area contributed by atoms with Gasteiger partial charge in [0.2, 0.25) is 0 Å². The Morgan fingerprint density at radius 1 is 1.39 bits per heavy atom. The fourth-order valence-electron chi connectivity index (χ4n) is 2.31. The van der Waals surface area contributed by atoms with Crippen LogP contribution in [0.5, 0.6) is 0 Å². The van der Waals surface area contributed by atoms with E-state index in [0.717, 1.165) is 6.42 Å². The summed E-state index contributed by atoms with van der Waals surface area (Å²) in [5.74, 6) is 0.700. The number of hydrogen-bond acceptors (Lipinski definition) is 3. The van der Waals surface area contributed by atoms with Crippen molar-refractivity contribution < 1.29 is 0 Å². The van der Waals surface area contributed by atoms with Crippen LogP contribution in [-0.2, 0) is 13.0 Å². The van der Waals surface area contributed by atoms with Gasteiger partial charge in [-0.1, -0.05) is 29.8 Å². The first-order valence-electron chi connectivity index (χ1n) is 6.50. The van der Waals surface area contributed by atoms with E-state index >= 15 is 0 Å². The molecule has 2 aromatic rings. The first-order chi connectivity index (χ1) is 8.76. The maximum atomic E-state index is 5.82. The largest absolute Gasteiger partial charge is 0.326 e. The molecule has 0 aliphatic heterocycles. The molecule has 0 spiro atoms. The second-order valence-electron chi connectivity index (χ2n) is 5.06. The summed E-state index contributed by atoms with van der Waals surface area (Å²) in [5.41, 5.74) is 9.75. The summed E-state index contributed by atoms with van der Waals surface area (Å²) in [6, 6.07) is 8.66. The number of hydrogen-bond donors (Lipinski definition) is 1. The molecule has 0 saturated heterocycles. The molecule has 1 saturated carbocycles. The third-order valence-electron chi connectivity index (χ3n) is 3.36. The van der Waals surface area contributed by atoms with Crippen molar-refractivity contribution in [3.8, 4) is 0 Å². The van der Waals surface area contributed by atoms with Gasteiger partial charge in [0.1, 0.15) is 0 Å². The van der Waals surface area contributed by atoms with Crippen LogP contribution in [0.3, 0.4) is 0 Å². The highest BCUT2D eigenvalue weighted by Crippen LogP contribution is 2.42. The van der Waals surface area contributed by atoms with Gasteiger partial charge >= 0.3 is 0 Å². The molecule has 2 nitrogen and oxygen atoms in total. The topological polar surface area (TPSA) is 38.9 Å². The van der Waals surface area contributed by atoms with Gasteiger partial charge in [0.15, 0.2) is 0 Å². The lowest BCUT2D eigenvalue weighted by Crippen LogP contribution is -1.96. The molecule has 1 aliphatic carbocycles. The van der Waals surface area contributed by atoms with Crippen molar-refractivity contribution in [1.82, 2.24) is 4.98 Å². The molecule has 2 N–H and O–H groups in total. The van der Waals surface area contributed by atoms with Crippen LogP contribution in [0.1, 0.15) is 45.5 Å². The summed E-state index contributed by atoms with van der Waals surface area (Å²) in [6.45, 7) is 2.77. The van der Waals surface area contributed by atoms with Gasteiger partial charge < -0.3 is 5.73 Å². The lowest BCUT2D eigenvalue weighted by atomic mass is 10.1. The van der Waals surface area contributed by atoms with Gasteiger partial charge in [-0.25, -0.2) is 4.98 Å². The average molecular weight is 258 g/mol. The van der Waals surface area contributed by atoms with Gasteiger partial charge in [-0.15, -0.1) is 11.3 Å². The molecular formula is C15H18N2S. The monoisotopic (exact) mass is 258 g/mol. The fourth-order valence-corrected chi connectivity index (χ4v) is 3.38. The Hall–Kier alpha value is -1.19. The summed E-state index contributed by atoms with van der Waals surface area (Å²) < 4.78 is 0. The Kier molecular flexibility index (Phi) is 3.18. The van der Waals surface area contributed by atoms with Crippen LogP contribution in [0.4, 0.5) is 0 Å². The van der Waals surface area contributed by atoms with Gasteiger partial charge in [-0.2, -0.15) is 0 Å². The number of aromatic nitrogens is 1. The predicted molar refractivity (Wildman–Crippen MR) is 76.0 cm³/mol. The Bertz CT molecular complexity index is 555. The van der Waals surface area contributed by atoms with Crippen molar-refractivity contribution in [2.75, 3.05) is 0 Å². The molecule has 1 fully saturated rings. The molecule has 0 radical (unpaired) electrons. The highest BCUT2D eigenvalue weighted by molar-refractivity contribution is 7.11. The van der Waals surface area contributed by atoms with E-state index in [0.29, 0.717) is 12.5 Å². The average Bonchev–Trinajstić information content (AvgIpc) is 3.11. The van der Waals surface area contributed by atoms with Crippen molar-refractivity contribution >= 4 is 11.3 Å². The minimum absolute atomic E-state index is 0.636. The van der Waals surface area contributed by atoms with Crippen LogP contribution >= 0.6 is 11.3 Å². The van der Waals surface area contributed by atoms with Crippen molar-refractivity contribution in [3.05, 3.63) is 51.0 Å². The predicted octanol–water partition coefficient (Wildman–Crippen LogP) is 3.38. The second-order valence-corrected chi connectivity index (χ2v) is 6.23. The molecule has 3 heteroatoms. The highest BCUT2D eigenvalue weighted by atomic mass is 32.1. The Labute approximate surface area is 112 Å². The summed E-state index contributed by atoms with van der Waals surface area (Å²) in [6.07, 6.45) is 3.52. The molecule has 1 heterocycles. The van der Waals surface area contributed by atoms with Crippen molar-refractivity contribution in [2.24, 2.45) is 5.73 Å². The molecule has 94 valence electrons. The standard InChI is InChI=1S/C15H18N2S/c1-10-3-2-4-11(7-10)8-14-17-15(12-5-6-12)13(9-16)18-14/h2-4,7,12H,5-6,8-9,16H2,1H3. The lowest BCUT2D eigenvalue weighted by molar-refractivity contribution is 0.959. The number of thiazole rings is 1. The molecule has 0 bridgehead atoms. The number of aryl methyl sites for hydroxylation is 1. The van der Waals surface area contributed by atoms with E-state index in [9.17, 15) is 0 Å². The molecule has 1 aliphatic rings. The number of nitrogens with zero attached hydrogens (tertiary/aromatic N) is 1. The number of benzene rings is 1. The fraction of sp³-hybridized carbons (Fsp3) is 0.400. The number of nitrogens with two attached hydrogens (primary N) is 1. The van der Waals surface area contributed by atoms with E-state index in [1.807, 2.05) is 0 Å². The van der Waals surface area contributed by atoms with Gasteiger partial charge in [-0.3, -0.25) is 0 Å². The SMILES string of the molecule is Cc1cccc(Cc2nc(C3CC3)c(CN)s2)c1. The molecule has 18 heavy (non-hydrogen) atoms. The molecule has 1 aromatic carbocycles. The maximum Gasteiger partial charge on any atom is 0.0975 e. The van der Waals surface area contributed by atoms with Crippen molar-refractivity contribution in [3.63, 3.8) is 0 Å². The highest BCUT2D eigenvalue weighted by Gasteiger charge is 2.29. The molecular weight excluding hydrogens is 240 g/mol. The van der Waals surface area contributed by atoms with Crippen LogP contribution in [-0.4, -0.2) is 4.98 Å². The molecule has 1 aromatic heterocycles. The van der Waals surface area contributed by atoms with E-state index in [-0.39, 0.29) is 0 Å². The third kappa shape index (κ3) is 2.47. The van der Waals surface area contributed by atoms with E-state index in [1.54, 1.807) is 11.3 Å². The van der Waals surface area contributed by atoms with Crippen LogP contribution in [0.2, 0.25) is 0 Å². The van der Waals surface area contributed by atoms with Crippen molar-refractivity contribution in [1.29, 1.82) is 0 Å². The van der Waals surface area contributed by atoms with Crippen LogP contribution < -0.4 is 5.73 Å². The van der Waals surface area contributed by atoms with E-state index < -0.39 is 0 Å².